The Balaban J connectivity index is 2.23. The normalized spacial score (nSPS) is 22.2. The van der Waals surface area contributed by atoms with Crippen LogP contribution < -0.4 is 0 Å². The minimum Gasteiger partial charge on any atom is -0.246 e. The highest BCUT2D eigenvalue weighted by atomic mass is 15.4. The molecule has 0 aromatic rings. The van der Waals surface area contributed by atoms with Crippen molar-refractivity contribution in [3.05, 3.63) is 24.0 Å². The molecule has 3 heterocycles. The Morgan fingerprint density at radius 3 is 3.00 bits per heavy atom. The van der Waals surface area contributed by atoms with Gasteiger partial charge < -0.3 is 0 Å². The van der Waals surface area contributed by atoms with E-state index in [1.165, 1.54) is 12.7 Å². The summed E-state index contributed by atoms with van der Waals surface area (Å²) in [5, 5.41) is 0. The van der Waals surface area contributed by atoms with Crippen LogP contribution in [0.4, 0.5) is 0 Å². The Morgan fingerprint density at radius 1 is 1.08 bits per heavy atom. The molecule has 0 aliphatic carbocycles. The molecule has 0 saturated carbocycles. The summed E-state index contributed by atoms with van der Waals surface area (Å²) in [5.41, 5.74) is 0. The summed E-state index contributed by atoms with van der Waals surface area (Å²) < 4.78 is 0. The average molecular weight is 171 g/mol. The molecule has 0 atom stereocenters. The molecule has 0 aromatic heterocycles. The second-order valence-corrected chi connectivity index (χ2v) is 2.62. The molecule has 3 aliphatic heterocycles. The molecular formula is C8H5N5. The molecule has 0 bridgehead atoms. The van der Waals surface area contributed by atoms with Gasteiger partial charge in [-0.2, -0.15) is 0 Å². The molecule has 3 rings (SSSR count). The van der Waals surface area contributed by atoms with Crippen LogP contribution in [-0.4, -0.2) is 29.4 Å². The van der Waals surface area contributed by atoms with Crippen molar-refractivity contribution in [2.75, 3.05) is 0 Å². The maximum absolute atomic E-state index is 4.10. The standard InChI is InChI=1S/C8H5N5/c1-2-6-9-4-11-8-12-5-10-7(3-1)13(6)8/h1-5H. The summed E-state index contributed by atoms with van der Waals surface area (Å²) in [4.78, 5) is 18.1. The molecule has 0 aromatic carbocycles. The van der Waals surface area contributed by atoms with Gasteiger partial charge in [0, 0.05) is 0 Å². The van der Waals surface area contributed by atoms with E-state index in [1.807, 2.05) is 18.2 Å². The zero-order valence-electron chi connectivity index (χ0n) is 6.62. The molecule has 13 heavy (non-hydrogen) atoms. The van der Waals surface area contributed by atoms with Crippen molar-refractivity contribution in [3.63, 3.8) is 0 Å². The van der Waals surface area contributed by atoms with Crippen molar-refractivity contribution in [3.8, 4) is 0 Å². The van der Waals surface area contributed by atoms with Gasteiger partial charge in [-0.05, 0) is 12.2 Å². The van der Waals surface area contributed by atoms with Crippen LogP contribution in [0.5, 0.6) is 0 Å². The Bertz CT molecular complexity index is 369. The van der Waals surface area contributed by atoms with Gasteiger partial charge >= 0.3 is 0 Å². The third-order valence-electron chi connectivity index (χ3n) is 1.88. The first-order valence-corrected chi connectivity index (χ1v) is 3.84. The maximum Gasteiger partial charge on any atom is 0.240 e. The van der Waals surface area contributed by atoms with Gasteiger partial charge in [0.15, 0.2) is 0 Å². The summed E-state index contributed by atoms with van der Waals surface area (Å²) in [6.45, 7) is 0. The monoisotopic (exact) mass is 171 g/mol. The molecule has 0 fully saturated rings. The number of hydrogen-bond acceptors (Lipinski definition) is 5. The van der Waals surface area contributed by atoms with Crippen LogP contribution >= 0.6 is 0 Å². The third kappa shape index (κ3) is 0.807. The lowest BCUT2D eigenvalue weighted by atomic mass is 10.3. The number of guanidine groups is 1. The first kappa shape index (κ1) is 6.47. The molecule has 0 saturated heterocycles. The fraction of sp³-hybridized carbons (Fsp3) is 0. The molecule has 0 amide bonds. The van der Waals surface area contributed by atoms with E-state index in [9.17, 15) is 0 Å². The van der Waals surface area contributed by atoms with Crippen molar-refractivity contribution in [2.24, 2.45) is 20.0 Å². The number of aliphatic imine (C=N–C) groups is 4. The maximum atomic E-state index is 4.10. The van der Waals surface area contributed by atoms with Crippen molar-refractivity contribution in [1.29, 1.82) is 0 Å². The van der Waals surface area contributed by atoms with Crippen LogP contribution in [0.2, 0.25) is 0 Å². The van der Waals surface area contributed by atoms with Crippen LogP contribution in [0.25, 0.3) is 0 Å². The Hall–Kier alpha value is -2.04. The molecule has 0 unspecified atom stereocenters. The molecule has 5 nitrogen and oxygen atoms in total. The topological polar surface area (TPSA) is 52.7 Å². The van der Waals surface area contributed by atoms with Crippen molar-refractivity contribution in [1.82, 2.24) is 4.90 Å². The molecule has 3 aliphatic rings. The fourth-order valence-electron chi connectivity index (χ4n) is 1.32. The number of hydrogen-bond donors (Lipinski definition) is 0. The predicted octanol–water partition coefficient (Wildman–Crippen LogP) is 0.538. The molecule has 0 radical (unpaired) electrons. The van der Waals surface area contributed by atoms with Crippen LogP contribution in [0, 0.1) is 0 Å². The van der Waals surface area contributed by atoms with Gasteiger partial charge in [0.2, 0.25) is 5.96 Å². The van der Waals surface area contributed by atoms with Gasteiger partial charge in [-0.3, -0.25) is 0 Å². The lowest BCUT2D eigenvalue weighted by molar-refractivity contribution is 0.715. The van der Waals surface area contributed by atoms with Crippen molar-refractivity contribution < 1.29 is 0 Å². The minimum atomic E-state index is 0.621. The average Bonchev–Trinajstić information content (AvgIpc) is 2.19. The van der Waals surface area contributed by atoms with E-state index in [0.29, 0.717) is 5.96 Å². The molecular weight excluding hydrogens is 166 g/mol. The second kappa shape index (κ2) is 2.22. The highest BCUT2D eigenvalue weighted by Crippen LogP contribution is 2.18. The number of amidine groups is 1. The number of rotatable bonds is 0. The van der Waals surface area contributed by atoms with Crippen LogP contribution in [0.15, 0.2) is 44.0 Å². The van der Waals surface area contributed by atoms with Gasteiger partial charge in [-0.25, -0.2) is 24.9 Å². The largest absolute Gasteiger partial charge is 0.246 e. The SMILES string of the molecule is C1=CC2=NC=NC3=NC=NC(=C1)N23. The molecule has 0 spiro atoms. The van der Waals surface area contributed by atoms with Gasteiger partial charge in [0.25, 0.3) is 0 Å². The van der Waals surface area contributed by atoms with Crippen molar-refractivity contribution in [2.45, 2.75) is 0 Å². The summed E-state index contributed by atoms with van der Waals surface area (Å²) in [6.07, 6.45) is 8.69. The van der Waals surface area contributed by atoms with Gasteiger partial charge in [-0.1, -0.05) is 6.08 Å². The van der Waals surface area contributed by atoms with E-state index < -0.39 is 0 Å². The van der Waals surface area contributed by atoms with E-state index in [-0.39, 0.29) is 0 Å². The second-order valence-electron chi connectivity index (χ2n) is 2.62. The van der Waals surface area contributed by atoms with E-state index in [4.69, 9.17) is 0 Å². The zero-order valence-corrected chi connectivity index (χ0v) is 6.62. The Morgan fingerprint density at radius 2 is 2.00 bits per heavy atom. The Labute approximate surface area is 74.2 Å². The van der Waals surface area contributed by atoms with Crippen LogP contribution in [0.3, 0.4) is 0 Å². The minimum absolute atomic E-state index is 0.621. The Kier molecular flexibility index (Phi) is 1.11. The number of allylic oxidation sites excluding steroid dienone is 2. The first-order chi connectivity index (χ1) is 6.45. The quantitative estimate of drug-likeness (QED) is 0.524. The summed E-state index contributed by atoms with van der Waals surface area (Å²) in [7, 11) is 0. The first-order valence-electron chi connectivity index (χ1n) is 3.84. The lowest BCUT2D eigenvalue weighted by Crippen LogP contribution is -2.38. The predicted molar refractivity (Wildman–Crippen MR) is 50.9 cm³/mol. The number of nitrogens with zero attached hydrogens (tertiary/aromatic N) is 5. The van der Waals surface area contributed by atoms with Gasteiger partial charge in [0.05, 0.1) is 0 Å². The molecule has 62 valence electrons. The van der Waals surface area contributed by atoms with E-state index in [0.717, 1.165) is 11.7 Å². The highest BCUT2D eigenvalue weighted by Gasteiger charge is 2.25. The zero-order chi connectivity index (χ0) is 8.67. The third-order valence-corrected chi connectivity index (χ3v) is 1.88. The highest BCUT2D eigenvalue weighted by molar-refractivity contribution is 6.16. The smallest absolute Gasteiger partial charge is 0.240 e. The van der Waals surface area contributed by atoms with Crippen molar-refractivity contribution >= 4 is 24.5 Å². The molecule has 5 heteroatoms. The molecule has 0 N–H and O–H groups in total. The lowest BCUT2D eigenvalue weighted by Gasteiger charge is -2.28. The summed E-state index contributed by atoms with van der Waals surface area (Å²) >= 11 is 0. The van der Waals surface area contributed by atoms with Gasteiger partial charge in [0.1, 0.15) is 24.3 Å². The summed E-state index contributed by atoms with van der Waals surface area (Å²) in [6, 6.07) is 0. The van der Waals surface area contributed by atoms with Crippen LogP contribution in [-0.2, 0) is 0 Å². The van der Waals surface area contributed by atoms with E-state index in [1.54, 1.807) is 4.90 Å². The van der Waals surface area contributed by atoms with Crippen LogP contribution in [0.1, 0.15) is 0 Å². The fourth-order valence-corrected chi connectivity index (χ4v) is 1.32. The van der Waals surface area contributed by atoms with E-state index in [2.05, 4.69) is 20.0 Å². The van der Waals surface area contributed by atoms with Gasteiger partial charge in [-0.15, -0.1) is 0 Å². The summed E-state index contributed by atoms with van der Waals surface area (Å²) in [5.74, 6) is 2.24. The van der Waals surface area contributed by atoms with E-state index >= 15 is 0 Å².